The summed E-state index contributed by atoms with van der Waals surface area (Å²) in [6, 6.07) is 11.2. The topological polar surface area (TPSA) is 55.1 Å². The maximum atomic E-state index is 11.2. The second kappa shape index (κ2) is 4.76. The van der Waals surface area contributed by atoms with Crippen molar-refractivity contribution in [3.05, 3.63) is 58.3 Å². The molecule has 0 radical (unpaired) electrons. The van der Waals surface area contributed by atoms with Gasteiger partial charge in [-0.15, -0.1) is 0 Å². The van der Waals surface area contributed by atoms with E-state index in [1.54, 1.807) is 18.5 Å². The number of carboxylic acids is 1. The quantitative estimate of drug-likeness (QED) is 0.777. The van der Waals surface area contributed by atoms with Crippen molar-refractivity contribution in [3.8, 4) is 5.69 Å². The lowest BCUT2D eigenvalue weighted by Crippen LogP contribution is -1.98. The number of imidazole rings is 1. The van der Waals surface area contributed by atoms with Crippen LogP contribution in [0.2, 0.25) is 0 Å². The third-order valence-corrected chi connectivity index (χ3v) is 3.84. The summed E-state index contributed by atoms with van der Waals surface area (Å²) in [5.74, 6) is -0.968. The zero-order chi connectivity index (χ0) is 14.3. The maximum absolute atomic E-state index is 11.2. The van der Waals surface area contributed by atoms with Crippen LogP contribution in [0.4, 0.5) is 0 Å². The van der Waals surface area contributed by atoms with E-state index in [0.29, 0.717) is 5.52 Å². The number of hydrogen-bond acceptors (Lipinski definition) is 2. The lowest BCUT2D eigenvalue weighted by molar-refractivity contribution is 0.0699. The van der Waals surface area contributed by atoms with Crippen LogP contribution in [0.5, 0.6) is 0 Å². The van der Waals surface area contributed by atoms with Crippen LogP contribution in [0.15, 0.2) is 47.2 Å². The monoisotopic (exact) mass is 330 g/mol. The first-order valence-corrected chi connectivity index (χ1v) is 6.83. The molecule has 0 amide bonds. The van der Waals surface area contributed by atoms with Gasteiger partial charge in [0.15, 0.2) is 0 Å². The number of aromatic nitrogens is 2. The Balaban J connectivity index is 2.31. The highest BCUT2D eigenvalue weighted by molar-refractivity contribution is 9.10. The van der Waals surface area contributed by atoms with Crippen molar-refractivity contribution >= 4 is 32.9 Å². The second-order valence-corrected chi connectivity index (χ2v) is 5.40. The molecule has 20 heavy (non-hydrogen) atoms. The Kier molecular flexibility index (Phi) is 3.06. The molecular weight excluding hydrogens is 320 g/mol. The van der Waals surface area contributed by atoms with Crippen molar-refractivity contribution in [2.45, 2.75) is 6.92 Å². The SMILES string of the molecule is Cc1ccc(Br)c(-n2cnc3c(C(=O)O)cccc32)c1. The zero-order valence-electron chi connectivity index (χ0n) is 10.7. The number of halogens is 1. The van der Waals surface area contributed by atoms with Gasteiger partial charge in [0.05, 0.1) is 16.8 Å². The van der Waals surface area contributed by atoms with Crippen molar-refractivity contribution in [1.82, 2.24) is 9.55 Å². The number of carbonyl (C=O) groups is 1. The molecule has 2 aromatic carbocycles. The van der Waals surface area contributed by atoms with Crippen molar-refractivity contribution in [2.24, 2.45) is 0 Å². The van der Waals surface area contributed by atoms with E-state index in [-0.39, 0.29) is 5.56 Å². The number of carboxylic acid groups (broad SMARTS) is 1. The molecular formula is C15H11BrN2O2. The van der Waals surface area contributed by atoms with E-state index in [9.17, 15) is 9.90 Å². The van der Waals surface area contributed by atoms with Gasteiger partial charge >= 0.3 is 5.97 Å². The van der Waals surface area contributed by atoms with Gasteiger partial charge in [0, 0.05) is 4.47 Å². The lowest BCUT2D eigenvalue weighted by Gasteiger charge is -2.08. The van der Waals surface area contributed by atoms with Crippen LogP contribution in [0.25, 0.3) is 16.7 Å². The molecule has 0 fully saturated rings. The Morgan fingerprint density at radius 3 is 2.85 bits per heavy atom. The Bertz CT molecular complexity index is 824. The molecule has 1 aromatic heterocycles. The molecule has 0 aliphatic rings. The first kappa shape index (κ1) is 12.9. The summed E-state index contributed by atoms with van der Waals surface area (Å²) in [4.78, 5) is 15.5. The van der Waals surface area contributed by atoms with Crippen LogP contribution < -0.4 is 0 Å². The van der Waals surface area contributed by atoms with Crippen molar-refractivity contribution in [2.75, 3.05) is 0 Å². The van der Waals surface area contributed by atoms with Gasteiger partial charge in [-0.05, 0) is 52.7 Å². The highest BCUT2D eigenvalue weighted by atomic mass is 79.9. The van der Waals surface area contributed by atoms with Crippen molar-refractivity contribution in [3.63, 3.8) is 0 Å². The van der Waals surface area contributed by atoms with E-state index >= 15 is 0 Å². The van der Waals surface area contributed by atoms with E-state index in [1.165, 1.54) is 0 Å². The van der Waals surface area contributed by atoms with Gasteiger partial charge in [-0.3, -0.25) is 4.57 Å². The van der Waals surface area contributed by atoms with Gasteiger partial charge < -0.3 is 5.11 Å². The summed E-state index contributed by atoms with van der Waals surface area (Å²) in [5.41, 5.74) is 3.55. The van der Waals surface area contributed by atoms with Gasteiger partial charge in [-0.2, -0.15) is 0 Å². The Morgan fingerprint density at radius 2 is 2.10 bits per heavy atom. The van der Waals surface area contributed by atoms with E-state index < -0.39 is 5.97 Å². The van der Waals surface area contributed by atoms with Crippen LogP contribution in [0, 0.1) is 6.92 Å². The third-order valence-electron chi connectivity index (χ3n) is 3.17. The molecule has 0 saturated heterocycles. The summed E-state index contributed by atoms with van der Waals surface area (Å²) in [6.45, 7) is 2.01. The predicted molar refractivity (Wildman–Crippen MR) is 80.5 cm³/mol. The minimum absolute atomic E-state index is 0.213. The van der Waals surface area contributed by atoms with Gasteiger partial charge in [0.25, 0.3) is 0 Å². The molecule has 100 valence electrons. The summed E-state index contributed by atoms with van der Waals surface area (Å²) in [6.07, 6.45) is 1.65. The number of aromatic carboxylic acids is 1. The molecule has 1 N–H and O–H groups in total. The fourth-order valence-corrected chi connectivity index (χ4v) is 2.65. The number of nitrogens with zero attached hydrogens (tertiary/aromatic N) is 2. The number of rotatable bonds is 2. The predicted octanol–water partition coefficient (Wildman–Crippen LogP) is 3.79. The van der Waals surface area contributed by atoms with E-state index in [0.717, 1.165) is 21.2 Å². The average Bonchev–Trinajstić information content (AvgIpc) is 2.85. The molecule has 0 unspecified atom stereocenters. The van der Waals surface area contributed by atoms with Gasteiger partial charge in [0.1, 0.15) is 11.8 Å². The van der Waals surface area contributed by atoms with Crippen LogP contribution in [-0.2, 0) is 0 Å². The first-order chi connectivity index (χ1) is 9.58. The van der Waals surface area contributed by atoms with Gasteiger partial charge in [0.2, 0.25) is 0 Å². The van der Waals surface area contributed by atoms with Gasteiger partial charge in [-0.25, -0.2) is 9.78 Å². The van der Waals surface area contributed by atoms with Crippen LogP contribution in [-0.4, -0.2) is 20.6 Å². The van der Waals surface area contributed by atoms with E-state index in [2.05, 4.69) is 20.9 Å². The summed E-state index contributed by atoms with van der Waals surface area (Å²) < 4.78 is 2.82. The highest BCUT2D eigenvalue weighted by Crippen LogP contribution is 2.27. The summed E-state index contributed by atoms with van der Waals surface area (Å²) in [5, 5.41) is 9.20. The van der Waals surface area contributed by atoms with Crippen molar-refractivity contribution < 1.29 is 9.90 Å². The third kappa shape index (κ3) is 2.00. The summed E-state index contributed by atoms with van der Waals surface area (Å²) >= 11 is 3.52. The number of aryl methyl sites for hydroxylation is 1. The lowest BCUT2D eigenvalue weighted by atomic mass is 10.1. The molecule has 4 nitrogen and oxygen atoms in total. The van der Waals surface area contributed by atoms with Crippen LogP contribution >= 0.6 is 15.9 Å². The average molecular weight is 331 g/mol. The normalized spacial score (nSPS) is 10.9. The maximum Gasteiger partial charge on any atom is 0.337 e. The second-order valence-electron chi connectivity index (χ2n) is 4.55. The minimum Gasteiger partial charge on any atom is -0.478 e. The standard InChI is InChI=1S/C15H11BrN2O2/c1-9-5-6-11(16)13(7-9)18-8-17-14-10(15(19)20)3-2-4-12(14)18/h2-8H,1H3,(H,19,20). The highest BCUT2D eigenvalue weighted by Gasteiger charge is 2.14. The number of hydrogen-bond donors (Lipinski definition) is 1. The molecule has 0 spiro atoms. The molecule has 0 aliphatic heterocycles. The van der Waals surface area contributed by atoms with Crippen LogP contribution in [0.1, 0.15) is 15.9 Å². The smallest absolute Gasteiger partial charge is 0.337 e. The summed E-state index contributed by atoms with van der Waals surface area (Å²) in [7, 11) is 0. The Labute approximate surface area is 123 Å². The number of benzene rings is 2. The van der Waals surface area contributed by atoms with Gasteiger partial charge in [-0.1, -0.05) is 12.1 Å². The molecule has 5 heteroatoms. The number of fused-ring (bicyclic) bond motifs is 1. The zero-order valence-corrected chi connectivity index (χ0v) is 12.3. The number of para-hydroxylation sites is 1. The van der Waals surface area contributed by atoms with E-state index in [1.807, 2.05) is 35.8 Å². The molecule has 0 atom stereocenters. The Hall–Kier alpha value is -2.14. The molecule has 0 bridgehead atoms. The Morgan fingerprint density at radius 1 is 1.30 bits per heavy atom. The fraction of sp³-hybridized carbons (Fsp3) is 0.0667. The first-order valence-electron chi connectivity index (χ1n) is 6.04. The molecule has 0 saturated carbocycles. The van der Waals surface area contributed by atoms with Crippen molar-refractivity contribution in [1.29, 1.82) is 0 Å². The molecule has 3 rings (SSSR count). The van der Waals surface area contributed by atoms with E-state index in [4.69, 9.17) is 0 Å². The minimum atomic E-state index is -0.968. The molecule has 0 aliphatic carbocycles. The largest absolute Gasteiger partial charge is 0.478 e. The fourth-order valence-electron chi connectivity index (χ4n) is 2.21. The molecule has 1 heterocycles. The molecule has 3 aromatic rings. The van der Waals surface area contributed by atoms with Crippen LogP contribution in [0.3, 0.4) is 0 Å².